The molecule has 1 aromatic heterocycles. The normalized spacial score (nSPS) is 11.1. The molecule has 0 aliphatic carbocycles. The van der Waals surface area contributed by atoms with E-state index in [1.807, 2.05) is 22.9 Å². The van der Waals surface area contributed by atoms with Crippen molar-refractivity contribution in [3.05, 3.63) is 60.2 Å². The summed E-state index contributed by atoms with van der Waals surface area (Å²) in [5.41, 5.74) is 1.75. The van der Waals surface area contributed by atoms with Gasteiger partial charge in [-0.1, -0.05) is 24.3 Å². The molecular formula is C13H11N3O. The van der Waals surface area contributed by atoms with E-state index in [9.17, 15) is 5.11 Å². The number of hydrogen-bond acceptors (Lipinski definition) is 3. The lowest BCUT2D eigenvalue weighted by atomic mass is 10.1. The van der Waals surface area contributed by atoms with Gasteiger partial charge in [0.1, 0.15) is 5.76 Å². The first kappa shape index (κ1) is 11.0. The molecule has 2 aromatic rings. The van der Waals surface area contributed by atoms with Crippen LogP contribution >= 0.6 is 0 Å². The summed E-state index contributed by atoms with van der Waals surface area (Å²) in [4.78, 5) is 3.97. The number of hydrogen-bond donors (Lipinski definition) is 1. The minimum atomic E-state index is -0.0123. The van der Waals surface area contributed by atoms with E-state index in [2.05, 4.69) is 4.98 Å². The van der Waals surface area contributed by atoms with Crippen LogP contribution in [0.3, 0.4) is 0 Å². The van der Waals surface area contributed by atoms with Crippen LogP contribution in [0.4, 0.5) is 0 Å². The Morgan fingerprint density at radius 3 is 2.76 bits per heavy atom. The van der Waals surface area contributed by atoms with Crippen molar-refractivity contribution in [3.8, 4) is 6.07 Å². The molecule has 0 aliphatic heterocycles. The van der Waals surface area contributed by atoms with Crippen molar-refractivity contribution >= 4 is 5.76 Å². The smallest absolute Gasteiger partial charge is 0.133 e. The zero-order valence-electron chi connectivity index (χ0n) is 9.11. The summed E-state index contributed by atoms with van der Waals surface area (Å²) >= 11 is 0. The third-order valence-corrected chi connectivity index (χ3v) is 2.38. The van der Waals surface area contributed by atoms with E-state index >= 15 is 0 Å². The zero-order chi connectivity index (χ0) is 12.1. The van der Waals surface area contributed by atoms with Crippen LogP contribution in [0.1, 0.15) is 11.1 Å². The van der Waals surface area contributed by atoms with Crippen LogP contribution in [0.2, 0.25) is 0 Å². The standard InChI is InChI=1S/C13H11N3O/c14-6-5-13(17)12-3-1-11(2-4-12)9-16-8-7-15-10-16/h1-5,7-8,10,17H,9H2/b13-5+. The third-order valence-electron chi connectivity index (χ3n) is 2.38. The zero-order valence-corrected chi connectivity index (χ0v) is 9.11. The van der Waals surface area contributed by atoms with Gasteiger partial charge in [0.15, 0.2) is 0 Å². The number of benzene rings is 1. The van der Waals surface area contributed by atoms with E-state index in [0.717, 1.165) is 18.2 Å². The first-order valence-corrected chi connectivity index (χ1v) is 5.13. The molecule has 0 aliphatic rings. The number of aliphatic hydroxyl groups is 1. The van der Waals surface area contributed by atoms with Crippen LogP contribution in [0.5, 0.6) is 0 Å². The molecule has 17 heavy (non-hydrogen) atoms. The van der Waals surface area contributed by atoms with Gasteiger partial charge in [0.05, 0.1) is 18.5 Å². The molecule has 0 amide bonds. The molecule has 1 heterocycles. The maximum Gasteiger partial charge on any atom is 0.133 e. The first-order valence-electron chi connectivity index (χ1n) is 5.13. The second-order valence-electron chi connectivity index (χ2n) is 3.59. The fourth-order valence-electron chi connectivity index (χ4n) is 1.52. The van der Waals surface area contributed by atoms with E-state index < -0.39 is 0 Å². The minimum absolute atomic E-state index is 0.0123. The number of nitriles is 1. The molecule has 0 saturated carbocycles. The van der Waals surface area contributed by atoms with E-state index in [4.69, 9.17) is 5.26 Å². The monoisotopic (exact) mass is 225 g/mol. The highest BCUT2D eigenvalue weighted by molar-refractivity contribution is 5.60. The lowest BCUT2D eigenvalue weighted by Crippen LogP contribution is -1.96. The van der Waals surface area contributed by atoms with Gasteiger partial charge in [0.25, 0.3) is 0 Å². The average molecular weight is 225 g/mol. The Bertz CT molecular complexity index is 547. The molecule has 0 unspecified atom stereocenters. The van der Waals surface area contributed by atoms with E-state index in [1.54, 1.807) is 30.7 Å². The average Bonchev–Trinajstić information content (AvgIpc) is 2.83. The molecule has 0 saturated heterocycles. The summed E-state index contributed by atoms with van der Waals surface area (Å²) in [6.45, 7) is 0.739. The molecule has 84 valence electrons. The van der Waals surface area contributed by atoms with Crippen molar-refractivity contribution in [2.45, 2.75) is 6.54 Å². The molecule has 0 atom stereocenters. The second-order valence-corrected chi connectivity index (χ2v) is 3.59. The highest BCUT2D eigenvalue weighted by Crippen LogP contribution is 2.12. The first-order chi connectivity index (χ1) is 8.29. The van der Waals surface area contributed by atoms with Crippen molar-refractivity contribution in [2.24, 2.45) is 0 Å². The van der Waals surface area contributed by atoms with Gasteiger partial charge in [-0.05, 0) is 5.56 Å². The van der Waals surface area contributed by atoms with Gasteiger partial charge in [0.2, 0.25) is 0 Å². The number of rotatable bonds is 3. The van der Waals surface area contributed by atoms with Crippen LogP contribution < -0.4 is 0 Å². The summed E-state index contributed by atoms with van der Waals surface area (Å²) in [6.07, 6.45) is 6.49. The van der Waals surface area contributed by atoms with Crippen LogP contribution in [0.15, 0.2) is 49.1 Å². The van der Waals surface area contributed by atoms with Crippen molar-refractivity contribution in [2.75, 3.05) is 0 Å². The second kappa shape index (κ2) is 4.99. The summed E-state index contributed by atoms with van der Waals surface area (Å²) in [6, 6.07) is 9.19. The maximum atomic E-state index is 9.49. The Hall–Kier alpha value is -2.54. The number of imidazole rings is 1. The van der Waals surface area contributed by atoms with Crippen molar-refractivity contribution < 1.29 is 5.11 Å². The van der Waals surface area contributed by atoms with Crippen molar-refractivity contribution in [1.82, 2.24) is 9.55 Å². The maximum absolute atomic E-state index is 9.49. The van der Waals surface area contributed by atoms with Crippen LogP contribution in [-0.4, -0.2) is 14.7 Å². The Labute approximate surface area is 99.1 Å². The van der Waals surface area contributed by atoms with Crippen molar-refractivity contribution in [1.29, 1.82) is 5.26 Å². The van der Waals surface area contributed by atoms with E-state index in [1.165, 1.54) is 0 Å². The lowest BCUT2D eigenvalue weighted by molar-refractivity contribution is 0.512. The Balaban J connectivity index is 2.14. The molecular weight excluding hydrogens is 214 g/mol. The predicted octanol–water partition coefficient (Wildman–Crippen LogP) is 2.35. The fraction of sp³-hybridized carbons (Fsp3) is 0.0769. The Kier molecular flexibility index (Phi) is 3.22. The summed E-state index contributed by atoms with van der Waals surface area (Å²) < 4.78 is 1.96. The van der Waals surface area contributed by atoms with Gasteiger partial charge in [0, 0.05) is 24.5 Å². The molecule has 2 rings (SSSR count). The number of aromatic nitrogens is 2. The van der Waals surface area contributed by atoms with Gasteiger partial charge >= 0.3 is 0 Å². The molecule has 0 fully saturated rings. The quantitative estimate of drug-likeness (QED) is 0.644. The molecule has 4 heteroatoms. The molecule has 0 spiro atoms. The van der Waals surface area contributed by atoms with Crippen LogP contribution in [0, 0.1) is 11.3 Å². The van der Waals surface area contributed by atoms with Gasteiger partial charge < -0.3 is 9.67 Å². The van der Waals surface area contributed by atoms with E-state index in [-0.39, 0.29) is 5.76 Å². The van der Waals surface area contributed by atoms with Crippen LogP contribution in [-0.2, 0) is 6.54 Å². The third kappa shape index (κ3) is 2.73. The van der Waals surface area contributed by atoms with Gasteiger partial charge in [-0.2, -0.15) is 5.26 Å². The van der Waals surface area contributed by atoms with Crippen molar-refractivity contribution in [3.63, 3.8) is 0 Å². The molecule has 1 N–H and O–H groups in total. The van der Waals surface area contributed by atoms with Gasteiger partial charge in [-0.3, -0.25) is 0 Å². The lowest BCUT2D eigenvalue weighted by Gasteiger charge is -2.04. The fourth-order valence-corrected chi connectivity index (χ4v) is 1.52. The van der Waals surface area contributed by atoms with Crippen LogP contribution in [0.25, 0.3) is 5.76 Å². The molecule has 1 aromatic carbocycles. The molecule has 0 bridgehead atoms. The Morgan fingerprint density at radius 2 is 2.18 bits per heavy atom. The number of allylic oxidation sites excluding steroid dienone is 1. The summed E-state index contributed by atoms with van der Waals surface area (Å²) in [7, 11) is 0. The topological polar surface area (TPSA) is 61.8 Å². The summed E-state index contributed by atoms with van der Waals surface area (Å²) in [5.74, 6) is -0.0123. The SMILES string of the molecule is N#C/C=C(/O)c1ccc(Cn2ccnc2)cc1. The number of nitrogens with zero attached hydrogens (tertiary/aromatic N) is 3. The predicted molar refractivity (Wildman–Crippen MR) is 64.0 cm³/mol. The molecule has 4 nitrogen and oxygen atoms in total. The van der Waals surface area contributed by atoms with Gasteiger partial charge in [-0.15, -0.1) is 0 Å². The number of aliphatic hydroxyl groups excluding tert-OH is 1. The Morgan fingerprint density at radius 1 is 1.41 bits per heavy atom. The van der Waals surface area contributed by atoms with Gasteiger partial charge in [-0.25, -0.2) is 4.98 Å². The van der Waals surface area contributed by atoms with E-state index in [0.29, 0.717) is 5.56 Å². The molecule has 0 radical (unpaired) electrons. The summed E-state index contributed by atoms with van der Waals surface area (Å²) in [5, 5.41) is 17.9. The highest BCUT2D eigenvalue weighted by Gasteiger charge is 1.99. The minimum Gasteiger partial charge on any atom is -0.507 e. The largest absolute Gasteiger partial charge is 0.507 e. The highest BCUT2D eigenvalue weighted by atomic mass is 16.3.